The largest absolute Gasteiger partial charge is 0.480 e. The molecule has 0 fully saturated rings. The molecule has 1 amide bonds. The van der Waals surface area contributed by atoms with Gasteiger partial charge < -0.3 is 10.1 Å². The van der Waals surface area contributed by atoms with E-state index < -0.39 is 10.8 Å². The van der Waals surface area contributed by atoms with Crippen LogP contribution < -0.4 is 10.1 Å². The number of rotatable bonds is 6. The maximum Gasteiger partial charge on any atom is 0.289 e. The topological polar surface area (TPSA) is 99.3 Å². The van der Waals surface area contributed by atoms with Crippen LogP contribution in [0.5, 0.6) is 5.75 Å². The maximum absolute atomic E-state index is 11.8. The molecular formula is C13H13ClN4O4. The van der Waals surface area contributed by atoms with Crippen molar-refractivity contribution >= 4 is 28.9 Å². The average Bonchev–Trinajstić information content (AvgIpc) is 2.95. The third kappa shape index (κ3) is 3.95. The summed E-state index contributed by atoms with van der Waals surface area (Å²) in [5.74, 6) is 0.0277. The Morgan fingerprint density at radius 3 is 2.95 bits per heavy atom. The molecule has 8 nitrogen and oxygen atoms in total. The molecule has 0 atom stereocenters. The summed E-state index contributed by atoms with van der Waals surface area (Å²) in [6, 6.07) is 4.01. The van der Waals surface area contributed by atoms with Crippen LogP contribution >= 0.6 is 11.6 Å². The van der Waals surface area contributed by atoms with E-state index in [1.807, 2.05) is 6.92 Å². The summed E-state index contributed by atoms with van der Waals surface area (Å²) >= 11 is 5.70. The minimum Gasteiger partial charge on any atom is -0.480 e. The molecule has 0 aliphatic rings. The van der Waals surface area contributed by atoms with Gasteiger partial charge in [-0.1, -0.05) is 11.6 Å². The molecule has 0 spiro atoms. The fourth-order valence-corrected chi connectivity index (χ4v) is 1.85. The number of amides is 1. The first kappa shape index (κ1) is 15.8. The number of aromatic nitrogens is 2. The summed E-state index contributed by atoms with van der Waals surface area (Å²) in [6.07, 6.45) is 3.17. The second kappa shape index (κ2) is 6.90. The van der Waals surface area contributed by atoms with E-state index in [-0.39, 0.29) is 23.0 Å². The van der Waals surface area contributed by atoms with Crippen LogP contribution in [0.2, 0.25) is 5.02 Å². The molecule has 2 rings (SSSR count). The summed E-state index contributed by atoms with van der Waals surface area (Å²) in [4.78, 5) is 21.9. The molecule has 0 radical (unpaired) electrons. The molecule has 116 valence electrons. The highest BCUT2D eigenvalue weighted by molar-refractivity contribution is 6.32. The van der Waals surface area contributed by atoms with Gasteiger partial charge in [-0.15, -0.1) is 0 Å². The normalized spacial score (nSPS) is 10.3. The first-order chi connectivity index (χ1) is 10.5. The van der Waals surface area contributed by atoms with E-state index in [0.717, 1.165) is 0 Å². The molecule has 0 aliphatic heterocycles. The lowest BCUT2D eigenvalue weighted by molar-refractivity contribution is -0.384. The van der Waals surface area contributed by atoms with E-state index in [0.29, 0.717) is 12.3 Å². The first-order valence-electron chi connectivity index (χ1n) is 6.38. The molecule has 1 heterocycles. The molecule has 0 aliphatic carbocycles. The lowest BCUT2D eigenvalue weighted by Crippen LogP contribution is -2.20. The van der Waals surface area contributed by atoms with Gasteiger partial charge in [0, 0.05) is 18.3 Å². The van der Waals surface area contributed by atoms with Crippen molar-refractivity contribution in [3.05, 3.63) is 45.7 Å². The summed E-state index contributed by atoms with van der Waals surface area (Å²) in [5.41, 5.74) is -0.00133. The number of aryl methyl sites for hydroxylation is 1. The molecule has 1 N–H and O–H groups in total. The van der Waals surface area contributed by atoms with E-state index in [1.165, 1.54) is 24.4 Å². The molecule has 2 aromatic rings. The number of nitro benzene ring substituents is 1. The second-order valence-corrected chi connectivity index (χ2v) is 4.70. The number of hydrogen-bond acceptors (Lipinski definition) is 5. The minimum atomic E-state index is -0.617. The van der Waals surface area contributed by atoms with Crippen LogP contribution in [0.4, 0.5) is 11.4 Å². The van der Waals surface area contributed by atoms with Crippen LogP contribution in [0.1, 0.15) is 6.92 Å². The molecule has 0 saturated carbocycles. The molecule has 1 aromatic heterocycles. The zero-order valence-electron chi connectivity index (χ0n) is 11.7. The highest BCUT2D eigenvalue weighted by atomic mass is 35.5. The van der Waals surface area contributed by atoms with Crippen LogP contribution in [0.25, 0.3) is 0 Å². The molecule has 0 unspecified atom stereocenters. The van der Waals surface area contributed by atoms with Crippen LogP contribution in [-0.4, -0.2) is 27.2 Å². The molecule has 9 heteroatoms. The molecule has 22 heavy (non-hydrogen) atoms. The third-order valence-electron chi connectivity index (χ3n) is 2.73. The van der Waals surface area contributed by atoms with Crippen molar-refractivity contribution in [1.29, 1.82) is 0 Å². The predicted octanol–water partition coefficient (Wildman–Crippen LogP) is 2.48. The standard InChI is InChI=1S/C13H13ClN4O4/c1-2-17-7-10(6-15-17)22-8-13(19)16-9-3-4-11(14)12(5-9)18(20)21/h3-7H,2,8H2,1H3,(H,16,19). The minimum absolute atomic E-state index is 0.00577. The molecule has 1 aromatic carbocycles. The van der Waals surface area contributed by atoms with E-state index in [1.54, 1.807) is 10.9 Å². The van der Waals surface area contributed by atoms with Gasteiger partial charge in [-0.25, -0.2) is 0 Å². The number of ether oxygens (including phenoxy) is 1. The number of nitro groups is 1. The Kier molecular flexibility index (Phi) is 4.95. The number of nitrogens with zero attached hydrogens (tertiary/aromatic N) is 3. The summed E-state index contributed by atoms with van der Waals surface area (Å²) in [6.45, 7) is 2.40. The summed E-state index contributed by atoms with van der Waals surface area (Å²) in [5, 5.41) is 17.3. The second-order valence-electron chi connectivity index (χ2n) is 4.29. The van der Waals surface area contributed by atoms with E-state index in [9.17, 15) is 14.9 Å². The summed E-state index contributed by atoms with van der Waals surface area (Å²) < 4.78 is 6.93. The van der Waals surface area contributed by atoms with E-state index >= 15 is 0 Å². The lowest BCUT2D eigenvalue weighted by atomic mass is 10.3. The van der Waals surface area contributed by atoms with Crippen LogP contribution in [0.3, 0.4) is 0 Å². The van der Waals surface area contributed by atoms with E-state index in [2.05, 4.69) is 10.4 Å². The van der Waals surface area contributed by atoms with Gasteiger partial charge in [-0.2, -0.15) is 5.10 Å². The van der Waals surface area contributed by atoms with Gasteiger partial charge in [0.2, 0.25) is 0 Å². The van der Waals surface area contributed by atoms with Crippen molar-refractivity contribution in [1.82, 2.24) is 9.78 Å². The van der Waals surface area contributed by atoms with Gasteiger partial charge in [0.15, 0.2) is 12.4 Å². The Bertz CT molecular complexity index is 701. The fourth-order valence-electron chi connectivity index (χ4n) is 1.67. The summed E-state index contributed by atoms with van der Waals surface area (Å²) in [7, 11) is 0. The number of carbonyl (C=O) groups is 1. The highest BCUT2D eigenvalue weighted by Crippen LogP contribution is 2.27. The van der Waals surface area contributed by atoms with Crippen LogP contribution in [0.15, 0.2) is 30.6 Å². The molecular weight excluding hydrogens is 312 g/mol. The lowest BCUT2D eigenvalue weighted by Gasteiger charge is -2.06. The number of halogens is 1. The number of nitrogens with one attached hydrogen (secondary N) is 1. The van der Waals surface area contributed by atoms with Crippen LogP contribution in [0, 0.1) is 10.1 Å². The highest BCUT2D eigenvalue weighted by Gasteiger charge is 2.14. The third-order valence-corrected chi connectivity index (χ3v) is 3.05. The van der Waals surface area contributed by atoms with Gasteiger partial charge in [0.1, 0.15) is 5.02 Å². The number of anilines is 1. The zero-order chi connectivity index (χ0) is 16.1. The smallest absolute Gasteiger partial charge is 0.289 e. The predicted molar refractivity (Wildman–Crippen MR) is 80.1 cm³/mol. The van der Waals surface area contributed by atoms with Crippen molar-refractivity contribution in [2.75, 3.05) is 11.9 Å². The molecule has 0 saturated heterocycles. The number of hydrogen-bond donors (Lipinski definition) is 1. The SMILES string of the molecule is CCn1cc(OCC(=O)Nc2ccc(Cl)c([N+](=O)[O-])c2)cn1. The zero-order valence-corrected chi connectivity index (χ0v) is 12.4. The van der Waals surface area contributed by atoms with Gasteiger partial charge in [0.25, 0.3) is 11.6 Å². The Morgan fingerprint density at radius 1 is 1.55 bits per heavy atom. The Morgan fingerprint density at radius 2 is 2.32 bits per heavy atom. The van der Waals surface area contributed by atoms with Crippen molar-refractivity contribution in [3.8, 4) is 5.75 Å². The Labute approximate surface area is 130 Å². The Hall–Kier alpha value is -2.61. The maximum atomic E-state index is 11.8. The van der Waals surface area contributed by atoms with Crippen molar-refractivity contribution in [2.24, 2.45) is 0 Å². The van der Waals surface area contributed by atoms with Gasteiger partial charge in [0.05, 0.1) is 17.3 Å². The van der Waals surface area contributed by atoms with Crippen molar-refractivity contribution < 1.29 is 14.5 Å². The molecule has 0 bridgehead atoms. The monoisotopic (exact) mass is 324 g/mol. The fraction of sp³-hybridized carbons (Fsp3) is 0.231. The quantitative estimate of drug-likeness (QED) is 0.650. The number of benzene rings is 1. The van der Waals surface area contributed by atoms with Crippen molar-refractivity contribution in [3.63, 3.8) is 0 Å². The van der Waals surface area contributed by atoms with Crippen molar-refractivity contribution in [2.45, 2.75) is 13.5 Å². The Balaban J connectivity index is 1.94. The van der Waals surface area contributed by atoms with Gasteiger partial charge in [-0.05, 0) is 19.1 Å². The first-order valence-corrected chi connectivity index (χ1v) is 6.76. The van der Waals surface area contributed by atoms with Crippen LogP contribution in [-0.2, 0) is 11.3 Å². The van der Waals surface area contributed by atoms with Gasteiger partial charge in [-0.3, -0.25) is 19.6 Å². The van der Waals surface area contributed by atoms with E-state index in [4.69, 9.17) is 16.3 Å². The average molecular weight is 325 g/mol. The van der Waals surface area contributed by atoms with Gasteiger partial charge >= 0.3 is 0 Å². The number of carbonyl (C=O) groups excluding carboxylic acids is 1.